The van der Waals surface area contributed by atoms with Gasteiger partial charge in [-0.2, -0.15) is 0 Å². The molecule has 3 atom stereocenters. The van der Waals surface area contributed by atoms with Crippen molar-refractivity contribution in [2.24, 2.45) is 10.8 Å². The lowest BCUT2D eigenvalue weighted by Gasteiger charge is -2.43. The van der Waals surface area contributed by atoms with Crippen molar-refractivity contribution in [1.29, 1.82) is 0 Å². The molecule has 1 heterocycles. The van der Waals surface area contributed by atoms with E-state index in [4.69, 9.17) is 18.9 Å². The summed E-state index contributed by atoms with van der Waals surface area (Å²) in [6.07, 6.45) is 2.46. The van der Waals surface area contributed by atoms with Crippen LogP contribution in [0.1, 0.15) is 49.3 Å². The van der Waals surface area contributed by atoms with Crippen LogP contribution >= 0.6 is 15.9 Å². The van der Waals surface area contributed by atoms with Crippen molar-refractivity contribution in [1.82, 2.24) is 5.32 Å². The average Bonchev–Trinajstić information content (AvgIpc) is 3.57. The Labute approximate surface area is 214 Å². The van der Waals surface area contributed by atoms with Gasteiger partial charge >= 0.3 is 0 Å². The van der Waals surface area contributed by atoms with Crippen LogP contribution in [0, 0.1) is 16.6 Å². The Morgan fingerprint density at radius 2 is 1.97 bits per heavy atom. The smallest absolute Gasteiger partial charge is 0.227 e. The second kappa shape index (κ2) is 10.9. The van der Waals surface area contributed by atoms with Crippen molar-refractivity contribution in [3.8, 4) is 5.75 Å². The van der Waals surface area contributed by atoms with Gasteiger partial charge in [0, 0.05) is 12.5 Å². The molecule has 0 bridgehead atoms. The zero-order valence-corrected chi connectivity index (χ0v) is 22.0. The summed E-state index contributed by atoms with van der Waals surface area (Å²) < 4.78 is 36.1. The summed E-state index contributed by atoms with van der Waals surface area (Å²) in [6.45, 7) is 3.84. The van der Waals surface area contributed by atoms with Crippen LogP contribution < -0.4 is 10.1 Å². The number of methoxy groups -OCH3 is 2. The predicted molar refractivity (Wildman–Crippen MR) is 134 cm³/mol. The molecule has 0 aromatic heterocycles. The molecular formula is C27H33BrFNO5. The van der Waals surface area contributed by atoms with E-state index in [-0.39, 0.29) is 36.5 Å². The van der Waals surface area contributed by atoms with Gasteiger partial charge in [0.25, 0.3) is 0 Å². The highest BCUT2D eigenvalue weighted by molar-refractivity contribution is 9.10. The minimum atomic E-state index is -0.557. The fourth-order valence-electron chi connectivity index (χ4n) is 5.12. The van der Waals surface area contributed by atoms with E-state index in [1.54, 1.807) is 26.4 Å². The summed E-state index contributed by atoms with van der Waals surface area (Å²) in [6, 6.07) is 11.8. The maximum Gasteiger partial charge on any atom is 0.227 e. The Hall–Kier alpha value is -2.00. The number of carbonyl (C=O) groups excluding carboxylic acids is 1. The van der Waals surface area contributed by atoms with Crippen LogP contribution in [0.5, 0.6) is 5.75 Å². The number of carbonyl (C=O) groups is 1. The van der Waals surface area contributed by atoms with Gasteiger partial charge in [-0.25, -0.2) is 4.39 Å². The fraction of sp³-hybridized carbons (Fsp3) is 0.519. The minimum absolute atomic E-state index is 0.00344. The molecule has 2 fully saturated rings. The third-order valence-electron chi connectivity index (χ3n) is 7.43. The van der Waals surface area contributed by atoms with E-state index in [1.165, 1.54) is 12.1 Å². The first-order chi connectivity index (χ1) is 16.9. The van der Waals surface area contributed by atoms with Gasteiger partial charge in [0.15, 0.2) is 0 Å². The van der Waals surface area contributed by atoms with Crippen molar-refractivity contribution in [3.63, 3.8) is 0 Å². The van der Waals surface area contributed by atoms with Gasteiger partial charge in [0.05, 0.1) is 42.9 Å². The molecule has 1 aliphatic carbocycles. The van der Waals surface area contributed by atoms with Crippen LogP contribution in [0.25, 0.3) is 0 Å². The van der Waals surface area contributed by atoms with Crippen molar-refractivity contribution >= 4 is 21.8 Å². The molecule has 190 valence electrons. The molecule has 2 aromatic rings. The number of hydrogen-bond donors (Lipinski definition) is 1. The first kappa shape index (κ1) is 26.1. The lowest BCUT2D eigenvalue weighted by Crippen LogP contribution is -2.47. The molecule has 3 unspecified atom stereocenters. The molecule has 0 radical (unpaired) electrons. The van der Waals surface area contributed by atoms with Crippen molar-refractivity contribution in [3.05, 3.63) is 63.9 Å². The summed E-state index contributed by atoms with van der Waals surface area (Å²) in [5.74, 6) is 0.481. The van der Waals surface area contributed by atoms with Gasteiger partial charge in [-0.3, -0.25) is 4.79 Å². The maximum absolute atomic E-state index is 14.0. The van der Waals surface area contributed by atoms with Gasteiger partial charge in [-0.05, 0) is 76.5 Å². The molecule has 1 saturated heterocycles. The van der Waals surface area contributed by atoms with Gasteiger partial charge in [-0.15, -0.1) is 0 Å². The van der Waals surface area contributed by atoms with Crippen LogP contribution in [0.4, 0.5) is 4.39 Å². The van der Waals surface area contributed by atoms with Gasteiger partial charge in [0.2, 0.25) is 5.91 Å². The first-order valence-electron chi connectivity index (χ1n) is 11.9. The number of rotatable bonds is 12. The second-order valence-corrected chi connectivity index (χ2v) is 10.5. The van der Waals surface area contributed by atoms with Crippen molar-refractivity contribution in [2.45, 2.75) is 38.1 Å². The normalized spacial score (nSPS) is 23.3. The fourth-order valence-corrected chi connectivity index (χ4v) is 5.53. The minimum Gasteiger partial charge on any atom is -0.496 e. The van der Waals surface area contributed by atoms with Crippen LogP contribution in [-0.4, -0.2) is 46.7 Å². The molecule has 1 aliphatic heterocycles. The third-order valence-corrected chi connectivity index (χ3v) is 8.08. The summed E-state index contributed by atoms with van der Waals surface area (Å²) in [5.41, 5.74) is 1.31. The summed E-state index contributed by atoms with van der Waals surface area (Å²) in [4.78, 5) is 14.0. The molecule has 2 aromatic carbocycles. The Morgan fingerprint density at radius 1 is 1.23 bits per heavy atom. The van der Waals surface area contributed by atoms with Crippen LogP contribution in [0.2, 0.25) is 0 Å². The molecule has 8 heteroatoms. The highest BCUT2D eigenvalue weighted by atomic mass is 79.9. The number of nitrogens with one attached hydrogen (secondary N) is 1. The maximum atomic E-state index is 14.0. The molecule has 35 heavy (non-hydrogen) atoms. The molecule has 2 aliphatic rings. The topological polar surface area (TPSA) is 66.0 Å². The summed E-state index contributed by atoms with van der Waals surface area (Å²) in [7, 11) is 3.19. The number of benzene rings is 2. The lowest BCUT2D eigenvalue weighted by atomic mass is 9.72. The number of ether oxygens (including phenoxy) is 4. The molecule has 6 nitrogen and oxygen atoms in total. The zero-order chi connectivity index (χ0) is 25.1. The summed E-state index contributed by atoms with van der Waals surface area (Å²) >= 11 is 3.52. The van der Waals surface area contributed by atoms with E-state index in [1.807, 2.05) is 12.1 Å². The molecule has 1 amide bonds. The van der Waals surface area contributed by atoms with Gasteiger partial charge in [0.1, 0.15) is 18.4 Å². The van der Waals surface area contributed by atoms with Gasteiger partial charge < -0.3 is 24.3 Å². The van der Waals surface area contributed by atoms with Crippen LogP contribution in [0.3, 0.4) is 0 Å². The molecule has 4 rings (SSSR count). The summed E-state index contributed by atoms with van der Waals surface area (Å²) in [5, 5.41) is 3.23. The monoisotopic (exact) mass is 549 g/mol. The number of amides is 1. The number of hydrogen-bond acceptors (Lipinski definition) is 5. The standard InChI is InChI=1S/C27H33BrFNO5/c1-4-26(15-35-16-26)14-27(12-21(27)19-7-10-22(28)24(11-19)33-3)25(31)30-23(13-34-17-32-2)18-5-8-20(29)9-6-18/h5-11,21,23H,4,12-17H2,1-3H3,(H,30,31). The van der Waals surface area contributed by atoms with E-state index in [0.29, 0.717) is 13.2 Å². The highest BCUT2D eigenvalue weighted by Gasteiger charge is 2.64. The lowest BCUT2D eigenvalue weighted by molar-refractivity contribution is -0.145. The van der Waals surface area contributed by atoms with E-state index in [9.17, 15) is 9.18 Å². The zero-order valence-electron chi connectivity index (χ0n) is 20.4. The average molecular weight is 550 g/mol. The van der Waals surface area contributed by atoms with Gasteiger partial charge in [-0.1, -0.05) is 25.1 Å². The Bertz CT molecular complexity index is 1020. The molecule has 0 spiro atoms. The largest absolute Gasteiger partial charge is 0.496 e. The van der Waals surface area contributed by atoms with E-state index in [2.05, 4.69) is 34.2 Å². The van der Waals surface area contributed by atoms with E-state index < -0.39 is 11.5 Å². The van der Waals surface area contributed by atoms with E-state index in [0.717, 1.165) is 40.6 Å². The predicted octanol–water partition coefficient (Wildman–Crippen LogP) is 5.37. The second-order valence-electron chi connectivity index (χ2n) is 9.68. The number of halogens is 2. The third kappa shape index (κ3) is 5.56. The Kier molecular flexibility index (Phi) is 8.16. The van der Waals surface area contributed by atoms with Crippen LogP contribution in [0.15, 0.2) is 46.9 Å². The quantitative estimate of drug-likeness (QED) is 0.285. The molecular weight excluding hydrogens is 517 g/mol. The highest BCUT2D eigenvalue weighted by Crippen LogP contribution is 2.66. The van der Waals surface area contributed by atoms with Crippen LogP contribution in [-0.2, 0) is 19.0 Å². The first-order valence-corrected chi connectivity index (χ1v) is 12.7. The Balaban J connectivity index is 1.61. The van der Waals surface area contributed by atoms with Crippen molar-refractivity contribution < 1.29 is 28.1 Å². The Morgan fingerprint density at radius 3 is 2.57 bits per heavy atom. The van der Waals surface area contributed by atoms with E-state index >= 15 is 0 Å². The molecule has 1 saturated carbocycles. The SMILES string of the molecule is CCC1(CC2(C(=O)NC(COCOC)c3ccc(F)cc3)CC2c2ccc(Br)c(OC)c2)COC1. The van der Waals surface area contributed by atoms with Crippen molar-refractivity contribution in [2.75, 3.05) is 40.8 Å². The molecule has 1 N–H and O–H groups in total.